The highest BCUT2D eigenvalue weighted by Gasteiger charge is 2.20. The van der Waals surface area contributed by atoms with E-state index in [2.05, 4.69) is 15.0 Å². The summed E-state index contributed by atoms with van der Waals surface area (Å²) in [6, 6.07) is 7.55. The van der Waals surface area contributed by atoms with Crippen LogP contribution in [0.5, 0.6) is 5.75 Å². The molecular formula is C16H23N3O3. The zero-order valence-corrected chi connectivity index (χ0v) is 13.5. The molecule has 0 aliphatic heterocycles. The lowest BCUT2D eigenvalue weighted by Gasteiger charge is -2.26. The van der Waals surface area contributed by atoms with Crippen molar-refractivity contribution in [1.29, 1.82) is 0 Å². The number of nitrogens with zero attached hydrogens (tertiary/aromatic N) is 3. The van der Waals surface area contributed by atoms with Crippen molar-refractivity contribution in [3.63, 3.8) is 0 Å². The van der Waals surface area contributed by atoms with Gasteiger partial charge in [-0.3, -0.25) is 4.90 Å². The van der Waals surface area contributed by atoms with Crippen LogP contribution in [0.15, 0.2) is 28.8 Å². The van der Waals surface area contributed by atoms with Gasteiger partial charge in [-0.1, -0.05) is 24.2 Å². The molecule has 6 heteroatoms. The van der Waals surface area contributed by atoms with E-state index in [1.54, 1.807) is 21.0 Å². The number of hydrogen-bond donors (Lipinski definition) is 1. The monoisotopic (exact) mass is 305 g/mol. The van der Waals surface area contributed by atoms with Crippen molar-refractivity contribution in [2.24, 2.45) is 0 Å². The minimum Gasteiger partial charge on any atom is -0.496 e. The molecule has 2 rings (SSSR count). The maximum atomic E-state index is 9.92. The third-order valence-electron chi connectivity index (χ3n) is 3.23. The highest BCUT2D eigenvalue weighted by molar-refractivity contribution is 5.63. The second-order valence-electron chi connectivity index (χ2n) is 5.83. The van der Waals surface area contributed by atoms with Gasteiger partial charge in [0, 0.05) is 6.54 Å². The molecule has 22 heavy (non-hydrogen) atoms. The van der Waals surface area contributed by atoms with Crippen molar-refractivity contribution in [1.82, 2.24) is 15.0 Å². The van der Waals surface area contributed by atoms with Gasteiger partial charge in [-0.05, 0) is 32.5 Å². The molecule has 2 aromatic rings. The number of benzene rings is 1. The fourth-order valence-electron chi connectivity index (χ4n) is 2.28. The van der Waals surface area contributed by atoms with E-state index >= 15 is 0 Å². The van der Waals surface area contributed by atoms with Gasteiger partial charge in [-0.25, -0.2) is 0 Å². The lowest BCUT2D eigenvalue weighted by Crippen LogP contribution is -2.38. The Bertz CT molecular complexity index is 605. The molecule has 120 valence electrons. The molecule has 1 aromatic carbocycles. The van der Waals surface area contributed by atoms with E-state index in [1.165, 1.54) is 0 Å². The topological polar surface area (TPSA) is 71.6 Å². The summed E-state index contributed by atoms with van der Waals surface area (Å²) in [5.41, 5.74) is 0.0344. The third-order valence-corrected chi connectivity index (χ3v) is 3.23. The van der Waals surface area contributed by atoms with Gasteiger partial charge in [0.1, 0.15) is 5.75 Å². The van der Waals surface area contributed by atoms with E-state index in [0.717, 1.165) is 12.1 Å². The first-order valence-electron chi connectivity index (χ1n) is 7.33. The van der Waals surface area contributed by atoms with Crippen LogP contribution in [0.4, 0.5) is 0 Å². The SMILES string of the molecule is CCN(Cc1nc(-c2ccccc2OC)no1)CC(C)(C)O. The van der Waals surface area contributed by atoms with Crippen molar-refractivity contribution in [3.05, 3.63) is 30.2 Å². The first-order chi connectivity index (χ1) is 10.4. The van der Waals surface area contributed by atoms with Crippen LogP contribution >= 0.6 is 0 Å². The van der Waals surface area contributed by atoms with Crippen LogP contribution in [-0.4, -0.2) is 45.9 Å². The fraction of sp³-hybridized carbons (Fsp3) is 0.500. The van der Waals surface area contributed by atoms with Gasteiger partial charge in [0.2, 0.25) is 11.7 Å². The molecule has 0 aliphatic rings. The molecule has 0 unspecified atom stereocenters. The zero-order chi connectivity index (χ0) is 16.2. The molecule has 0 aliphatic carbocycles. The van der Waals surface area contributed by atoms with E-state index in [4.69, 9.17) is 9.26 Å². The molecular weight excluding hydrogens is 282 g/mol. The first kappa shape index (κ1) is 16.5. The van der Waals surface area contributed by atoms with Crippen molar-refractivity contribution in [3.8, 4) is 17.1 Å². The standard InChI is InChI=1S/C16H23N3O3/c1-5-19(11-16(2,3)20)10-14-17-15(18-22-14)12-8-6-7-9-13(12)21-4/h6-9,20H,5,10-11H2,1-4H3. The van der Waals surface area contributed by atoms with Crippen molar-refractivity contribution < 1.29 is 14.4 Å². The van der Waals surface area contributed by atoms with Crippen LogP contribution < -0.4 is 4.74 Å². The Hall–Kier alpha value is -1.92. The number of likely N-dealkylation sites (N-methyl/N-ethyl adjacent to an activating group) is 1. The highest BCUT2D eigenvalue weighted by Crippen LogP contribution is 2.27. The number of aliphatic hydroxyl groups is 1. The lowest BCUT2D eigenvalue weighted by atomic mass is 10.1. The molecule has 0 spiro atoms. The molecule has 0 saturated heterocycles. The summed E-state index contributed by atoms with van der Waals surface area (Å²) in [6.45, 7) is 7.42. The summed E-state index contributed by atoms with van der Waals surface area (Å²) < 4.78 is 10.6. The summed E-state index contributed by atoms with van der Waals surface area (Å²) in [5, 5.41) is 13.9. The van der Waals surface area contributed by atoms with Gasteiger partial charge in [-0.15, -0.1) is 0 Å². The molecule has 0 amide bonds. The van der Waals surface area contributed by atoms with E-state index in [1.807, 2.05) is 31.2 Å². The fourth-order valence-corrected chi connectivity index (χ4v) is 2.28. The summed E-state index contributed by atoms with van der Waals surface area (Å²) in [4.78, 5) is 6.48. The number of methoxy groups -OCH3 is 1. The minimum absolute atomic E-state index is 0.503. The van der Waals surface area contributed by atoms with Gasteiger partial charge < -0.3 is 14.4 Å². The maximum Gasteiger partial charge on any atom is 0.241 e. The largest absolute Gasteiger partial charge is 0.496 e. The number of rotatable bonds is 7. The van der Waals surface area contributed by atoms with Gasteiger partial charge in [0.15, 0.2) is 0 Å². The van der Waals surface area contributed by atoms with Crippen LogP contribution in [0.1, 0.15) is 26.7 Å². The van der Waals surface area contributed by atoms with Crippen LogP contribution in [0.25, 0.3) is 11.4 Å². The Labute approximate surface area is 130 Å². The smallest absolute Gasteiger partial charge is 0.241 e. The molecule has 1 heterocycles. The molecule has 0 fully saturated rings. The molecule has 0 atom stereocenters. The Morgan fingerprint density at radius 1 is 1.32 bits per heavy atom. The quantitative estimate of drug-likeness (QED) is 0.846. The number of hydrogen-bond acceptors (Lipinski definition) is 6. The van der Waals surface area contributed by atoms with Gasteiger partial charge in [0.25, 0.3) is 0 Å². The Morgan fingerprint density at radius 2 is 2.05 bits per heavy atom. The third kappa shape index (κ3) is 4.29. The lowest BCUT2D eigenvalue weighted by molar-refractivity contribution is 0.0322. The van der Waals surface area contributed by atoms with Gasteiger partial charge in [-0.2, -0.15) is 4.98 Å². The average molecular weight is 305 g/mol. The van der Waals surface area contributed by atoms with Gasteiger partial charge in [0.05, 0.1) is 24.8 Å². The summed E-state index contributed by atoms with van der Waals surface area (Å²) in [7, 11) is 1.61. The maximum absolute atomic E-state index is 9.92. The van der Waals surface area contributed by atoms with E-state index in [-0.39, 0.29) is 0 Å². The number of ether oxygens (including phenoxy) is 1. The number of para-hydroxylation sites is 1. The molecule has 1 aromatic heterocycles. The van der Waals surface area contributed by atoms with Crippen LogP contribution in [-0.2, 0) is 6.54 Å². The Kier molecular flexibility index (Phi) is 5.15. The van der Waals surface area contributed by atoms with E-state index < -0.39 is 5.60 Å². The van der Waals surface area contributed by atoms with Crippen LogP contribution in [0, 0.1) is 0 Å². The van der Waals surface area contributed by atoms with Crippen LogP contribution in [0.3, 0.4) is 0 Å². The molecule has 0 radical (unpaired) electrons. The van der Waals surface area contributed by atoms with Crippen molar-refractivity contribution in [2.75, 3.05) is 20.2 Å². The average Bonchev–Trinajstić information content (AvgIpc) is 2.93. The van der Waals surface area contributed by atoms with Crippen molar-refractivity contribution in [2.45, 2.75) is 32.9 Å². The molecule has 6 nitrogen and oxygen atoms in total. The van der Waals surface area contributed by atoms with Gasteiger partial charge >= 0.3 is 0 Å². The first-order valence-corrected chi connectivity index (χ1v) is 7.33. The Morgan fingerprint density at radius 3 is 2.68 bits per heavy atom. The second kappa shape index (κ2) is 6.89. The zero-order valence-electron chi connectivity index (χ0n) is 13.5. The predicted molar refractivity (Wildman–Crippen MR) is 83.5 cm³/mol. The molecule has 1 N–H and O–H groups in total. The number of aromatic nitrogens is 2. The van der Waals surface area contributed by atoms with E-state index in [9.17, 15) is 5.11 Å². The van der Waals surface area contributed by atoms with Crippen molar-refractivity contribution >= 4 is 0 Å². The Balaban J connectivity index is 2.14. The normalized spacial score (nSPS) is 11.9. The molecule has 0 saturated carbocycles. The highest BCUT2D eigenvalue weighted by atomic mass is 16.5. The summed E-state index contributed by atoms with van der Waals surface area (Å²) >= 11 is 0. The summed E-state index contributed by atoms with van der Waals surface area (Å²) in [6.07, 6.45) is 0. The van der Waals surface area contributed by atoms with E-state index in [0.29, 0.717) is 30.6 Å². The molecule has 0 bridgehead atoms. The minimum atomic E-state index is -0.762. The predicted octanol–water partition coefficient (Wildman–Crippen LogP) is 2.34. The van der Waals surface area contributed by atoms with Crippen LogP contribution in [0.2, 0.25) is 0 Å². The second-order valence-corrected chi connectivity index (χ2v) is 5.83. The summed E-state index contributed by atoms with van der Waals surface area (Å²) in [5.74, 6) is 1.73.